The van der Waals surface area contributed by atoms with E-state index in [0.717, 1.165) is 32.0 Å². The summed E-state index contributed by atoms with van der Waals surface area (Å²) in [6.07, 6.45) is 1.91. The topological polar surface area (TPSA) is 116 Å². The number of nitrogens with zero attached hydrogens (tertiary/aromatic N) is 2. The number of rotatable bonds is 6. The van der Waals surface area contributed by atoms with Gasteiger partial charge in [-0.25, -0.2) is 22.4 Å². The summed E-state index contributed by atoms with van der Waals surface area (Å²) in [4.78, 5) is 27.4. The van der Waals surface area contributed by atoms with Crippen molar-refractivity contribution in [2.45, 2.75) is 25.5 Å². The summed E-state index contributed by atoms with van der Waals surface area (Å²) in [5.74, 6) is -1.58. The van der Waals surface area contributed by atoms with Crippen LogP contribution in [0.5, 0.6) is 5.75 Å². The number of ether oxygens (including phenoxy) is 1. The van der Waals surface area contributed by atoms with Gasteiger partial charge in [-0.15, -0.1) is 0 Å². The molecular formula is C24H28FN3O6S. The number of hydrogen-bond acceptors (Lipinski definition) is 6. The standard InChI is InChI=1S/C24H28FN3O6S/c25-22-15-17(23(29)30)1-2-18(22)16-28(24(31)27-11-13-35(32,33)14-12-27)19-3-5-20(6-4-19)34-21-7-9-26-10-8-21/h1-6,15,21,26H,7-14,16H2,(H,29,30). The monoisotopic (exact) mass is 505 g/mol. The lowest BCUT2D eigenvalue weighted by Crippen LogP contribution is -2.49. The minimum atomic E-state index is -3.19. The Labute approximate surface area is 203 Å². The van der Waals surface area contributed by atoms with Crippen molar-refractivity contribution in [2.24, 2.45) is 0 Å². The number of carboxylic acids is 1. The smallest absolute Gasteiger partial charge is 0.335 e. The third kappa shape index (κ3) is 6.29. The van der Waals surface area contributed by atoms with E-state index >= 15 is 0 Å². The van der Waals surface area contributed by atoms with Gasteiger partial charge in [0, 0.05) is 24.3 Å². The number of nitrogens with one attached hydrogen (secondary N) is 1. The normalized spacial score (nSPS) is 18.1. The first-order valence-corrected chi connectivity index (χ1v) is 13.3. The Balaban J connectivity index is 1.57. The van der Waals surface area contributed by atoms with Crippen molar-refractivity contribution in [2.75, 3.05) is 42.6 Å². The molecule has 11 heteroatoms. The number of hydrogen-bond donors (Lipinski definition) is 2. The molecule has 0 unspecified atom stereocenters. The number of carbonyl (C=O) groups is 2. The Morgan fingerprint density at radius 1 is 1.09 bits per heavy atom. The number of piperidine rings is 1. The number of carbonyl (C=O) groups excluding carboxylic acids is 1. The molecule has 2 saturated heterocycles. The first-order chi connectivity index (χ1) is 16.7. The number of anilines is 1. The number of amides is 2. The van der Waals surface area contributed by atoms with Gasteiger partial charge in [-0.05, 0) is 62.3 Å². The third-order valence-electron chi connectivity index (χ3n) is 6.21. The van der Waals surface area contributed by atoms with Gasteiger partial charge in [-0.1, -0.05) is 6.07 Å². The molecule has 2 aliphatic rings. The maximum absolute atomic E-state index is 14.7. The van der Waals surface area contributed by atoms with Crippen molar-refractivity contribution in [1.82, 2.24) is 10.2 Å². The summed E-state index contributed by atoms with van der Waals surface area (Å²) in [6, 6.07) is 10.0. The molecule has 0 aromatic heterocycles. The second-order valence-corrected chi connectivity index (χ2v) is 11.0. The van der Waals surface area contributed by atoms with Crippen molar-refractivity contribution in [1.29, 1.82) is 0 Å². The minimum Gasteiger partial charge on any atom is -0.490 e. The van der Waals surface area contributed by atoms with Crippen LogP contribution in [-0.4, -0.2) is 74.2 Å². The summed E-state index contributed by atoms with van der Waals surface area (Å²) in [6.45, 7) is 1.73. The molecule has 2 fully saturated rings. The fraction of sp³-hybridized carbons (Fsp3) is 0.417. The second-order valence-electron chi connectivity index (χ2n) is 8.68. The van der Waals surface area contributed by atoms with Crippen LogP contribution in [0.3, 0.4) is 0 Å². The molecule has 9 nitrogen and oxygen atoms in total. The molecule has 2 amide bonds. The van der Waals surface area contributed by atoms with Crippen molar-refractivity contribution in [3.05, 3.63) is 59.4 Å². The van der Waals surface area contributed by atoms with Crippen LogP contribution in [0.15, 0.2) is 42.5 Å². The Kier molecular flexibility index (Phi) is 7.56. The van der Waals surface area contributed by atoms with Gasteiger partial charge in [0.2, 0.25) is 0 Å². The van der Waals surface area contributed by atoms with Crippen molar-refractivity contribution in [3.8, 4) is 5.75 Å². The fourth-order valence-corrected chi connectivity index (χ4v) is 5.33. The summed E-state index contributed by atoms with van der Waals surface area (Å²) >= 11 is 0. The van der Waals surface area contributed by atoms with Crippen LogP contribution in [0.4, 0.5) is 14.9 Å². The summed E-state index contributed by atoms with van der Waals surface area (Å²) in [5.41, 5.74) is 0.440. The van der Waals surface area contributed by atoms with E-state index in [9.17, 15) is 22.4 Å². The molecule has 188 valence electrons. The predicted molar refractivity (Wildman–Crippen MR) is 128 cm³/mol. The average molecular weight is 506 g/mol. The van der Waals surface area contributed by atoms with Gasteiger partial charge in [-0.2, -0.15) is 0 Å². The molecule has 0 aliphatic carbocycles. The van der Waals surface area contributed by atoms with E-state index < -0.39 is 27.7 Å². The zero-order valence-electron chi connectivity index (χ0n) is 19.2. The van der Waals surface area contributed by atoms with Gasteiger partial charge in [0.25, 0.3) is 0 Å². The van der Waals surface area contributed by atoms with Crippen molar-refractivity contribution < 1.29 is 32.2 Å². The minimum absolute atomic E-state index is 0.0506. The third-order valence-corrected chi connectivity index (χ3v) is 7.82. The van der Waals surface area contributed by atoms with Crippen LogP contribution in [0.1, 0.15) is 28.8 Å². The average Bonchev–Trinajstić information content (AvgIpc) is 2.84. The molecule has 2 heterocycles. The number of benzene rings is 2. The molecule has 0 spiro atoms. The Bertz CT molecular complexity index is 1170. The molecule has 2 aliphatic heterocycles. The maximum atomic E-state index is 14.7. The van der Waals surface area contributed by atoms with Crippen LogP contribution in [0.2, 0.25) is 0 Å². The molecule has 2 N–H and O–H groups in total. The van der Waals surface area contributed by atoms with Crippen LogP contribution in [-0.2, 0) is 16.4 Å². The highest BCUT2D eigenvalue weighted by Crippen LogP contribution is 2.26. The van der Waals surface area contributed by atoms with E-state index in [1.807, 2.05) is 0 Å². The number of sulfone groups is 1. The van der Waals surface area contributed by atoms with E-state index in [4.69, 9.17) is 9.84 Å². The molecule has 0 radical (unpaired) electrons. The molecule has 4 rings (SSSR count). The lowest BCUT2D eigenvalue weighted by atomic mass is 10.1. The molecule has 0 bridgehead atoms. The number of carboxylic acid groups (broad SMARTS) is 1. The molecule has 35 heavy (non-hydrogen) atoms. The summed E-state index contributed by atoms with van der Waals surface area (Å²) < 4.78 is 44.4. The SMILES string of the molecule is O=C(O)c1ccc(CN(C(=O)N2CCS(=O)(=O)CC2)c2ccc(OC3CCNCC3)cc2)c(F)c1. The van der Waals surface area contributed by atoms with E-state index in [1.54, 1.807) is 24.3 Å². The van der Waals surface area contributed by atoms with Crippen molar-refractivity contribution in [3.63, 3.8) is 0 Å². The van der Waals surface area contributed by atoms with E-state index in [0.29, 0.717) is 11.4 Å². The number of urea groups is 1. The predicted octanol–water partition coefficient (Wildman–Crippen LogP) is 2.51. The van der Waals surface area contributed by atoms with Crippen molar-refractivity contribution >= 4 is 27.5 Å². The summed E-state index contributed by atoms with van der Waals surface area (Å²) in [7, 11) is -3.19. The largest absolute Gasteiger partial charge is 0.490 e. The highest BCUT2D eigenvalue weighted by atomic mass is 32.2. The van der Waals surface area contributed by atoms with Gasteiger partial charge < -0.3 is 20.1 Å². The first kappa shape index (κ1) is 24.9. The Morgan fingerprint density at radius 3 is 2.34 bits per heavy atom. The Morgan fingerprint density at radius 2 is 1.74 bits per heavy atom. The van der Waals surface area contributed by atoms with E-state index in [2.05, 4.69) is 5.32 Å². The van der Waals surface area contributed by atoms with Gasteiger partial charge in [0.05, 0.1) is 23.6 Å². The first-order valence-electron chi connectivity index (χ1n) is 11.5. The quantitative estimate of drug-likeness (QED) is 0.620. The van der Waals surface area contributed by atoms with E-state index in [-0.39, 0.29) is 48.4 Å². The maximum Gasteiger partial charge on any atom is 0.335 e. The van der Waals surface area contributed by atoms with Crippen LogP contribution >= 0.6 is 0 Å². The fourth-order valence-electron chi connectivity index (χ4n) is 4.13. The van der Waals surface area contributed by atoms with Gasteiger partial charge >= 0.3 is 12.0 Å². The molecule has 0 atom stereocenters. The lowest BCUT2D eigenvalue weighted by molar-refractivity contribution is 0.0696. The zero-order chi connectivity index (χ0) is 25.0. The molecular weight excluding hydrogens is 477 g/mol. The molecule has 0 saturated carbocycles. The number of halogens is 1. The van der Waals surface area contributed by atoms with E-state index in [1.165, 1.54) is 21.9 Å². The highest BCUT2D eigenvalue weighted by molar-refractivity contribution is 7.91. The van der Waals surface area contributed by atoms with Crippen LogP contribution in [0, 0.1) is 5.82 Å². The molecule has 2 aromatic rings. The Hall–Kier alpha value is -3.18. The van der Waals surface area contributed by atoms with Crippen LogP contribution in [0.25, 0.3) is 0 Å². The highest BCUT2D eigenvalue weighted by Gasteiger charge is 2.29. The molecule has 2 aromatic carbocycles. The lowest BCUT2D eigenvalue weighted by Gasteiger charge is -2.33. The summed E-state index contributed by atoms with van der Waals surface area (Å²) in [5, 5.41) is 12.4. The second kappa shape index (κ2) is 10.6. The zero-order valence-corrected chi connectivity index (χ0v) is 20.0. The number of aromatic carboxylic acids is 1. The van der Waals surface area contributed by atoms with Crippen LogP contribution < -0.4 is 15.0 Å². The van der Waals surface area contributed by atoms with Gasteiger partial charge in [0.15, 0.2) is 9.84 Å². The van der Waals surface area contributed by atoms with Gasteiger partial charge in [0.1, 0.15) is 17.7 Å². The van der Waals surface area contributed by atoms with Gasteiger partial charge in [-0.3, -0.25) is 4.90 Å².